The predicted molar refractivity (Wildman–Crippen MR) is 79.7 cm³/mol. The van der Waals surface area contributed by atoms with Crippen molar-refractivity contribution in [2.75, 3.05) is 24.7 Å². The molecule has 2 heterocycles. The molecule has 6 nitrogen and oxygen atoms in total. The van der Waals surface area contributed by atoms with Gasteiger partial charge in [-0.15, -0.1) is 0 Å². The van der Waals surface area contributed by atoms with Crippen molar-refractivity contribution in [1.82, 2.24) is 14.3 Å². The van der Waals surface area contributed by atoms with Gasteiger partial charge in [0.05, 0.1) is 6.26 Å². The molecule has 0 saturated carbocycles. The largest absolute Gasteiger partial charge is 0.420 e. The molecule has 1 aromatic heterocycles. The van der Waals surface area contributed by atoms with Crippen molar-refractivity contribution >= 4 is 27.6 Å². The van der Waals surface area contributed by atoms with Gasteiger partial charge in [0.2, 0.25) is 16.0 Å². The maximum atomic E-state index is 12.6. The standard InChI is InChI=1S/C12H16ClF3N4O2S/c1-7-6-20(23(2,21)22)4-3-9(7)18-11-17-5-8(10(13)19-11)12(14,15)16/h5,7,9H,3-4,6H2,1-2H3,(H,17,18,19)/t7-,9+/m1/s1. The van der Waals surface area contributed by atoms with E-state index in [0.29, 0.717) is 25.7 Å². The van der Waals surface area contributed by atoms with Crippen molar-refractivity contribution in [3.8, 4) is 0 Å². The number of aromatic nitrogens is 2. The second-order valence-corrected chi connectivity index (χ2v) is 7.87. The summed E-state index contributed by atoms with van der Waals surface area (Å²) in [5.74, 6) is -0.0594. The van der Waals surface area contributed by atoms with Crippen LogP contribution in [0.1, 0.15) is 18.9 Å². The number of hydrogen-bond acceptors (Lipinski definition) is 5. The van der Waals surface area contributed by atoms with Gasteiger partial charge in [-0.25, -0.2) is 22.7 Å². The molecule has 1 N–H and O–H groups in total. The topological polar surface area (TPSA) is 75.2 Å². The highest BCUT2D eigenvalue weighted by molar-refractivity contribution is 7.88. The lowest BCUT2D eigenvalue weighted by Gasteiger charge is -2.35. The lowest BCUT2D eigenvalue weighted by Crippen LogP contribution is -2.47. The van der Waals surface area contributed by atoms with E-state index in [-0.39, 0.29) is 17.9 Å². The Morgan fingerprint density at radius 1 is 1.43 bits per heavy atom. The van der Waals surface area contributed by atoms with Crippen LogP contribution in [0.25, 0.3) is 0 Å². The zero-order valence-corrected chi connectivity index (χ0v) is 14.0. The average molecular weight is 373 g/mol. The van der Waals surface area contributed by atoms with Gasteiger partial charge in [0, 0.05) is 25.3 Å². The Kier molecular flexibility index (Phi) is 5.07. The molecule has 11 heteroatoms. The van der Waals surface area contributed by atoms with Crippen molar-refractivity contribution < 1.29 is 21.6 Å². The molecule has 2 rings (SSSR count). The number of piperidine rings is 1. The van der Waals surface area contributed by atoms with E-state index in [4.69, 9.17) is 11.6 Å². The fourth-order valence-electron chi connectivity index (χ4n) is 2.41. The van der Waals surface area contributed by atoms with Crippen molar-refractivity contribution in [2.45, 2.75) is 25.6 Å². The van der Waals surface area contributed by atoms with Crippen LogP contribution in [0, 0.1) is 5.92 Å². The summed E-state index contributed by atoms with van der Waals surface area (Å²) in [5, 5.41) is 2.26. The Labute approximate surface area is 137 Å². The Morgan fingerprint density at radius 3 is 2.57 bits per heavy atom. The second-order valence-electron chi connectivity index (χ2n) is 5.53. The molecule has 1 saturated heterocycles. The minimum Gasteiger partial charge on any atom is -0.351 e. The van der Waals surface area contributed by atoms with E-state index < -0.39 is 26.9 Å². The van der Waals surface area contributed by atoms with Gasteiger partial charge in [0.1, 0.15) is 10.7 Å². The van der Waals surface area contributed by atoms with Crippen LogP contribution in [-0.4, -0.2) is 48.1 Å². The summed E-state index contributed by atoms with van der Waals surface area (Å²) in [4.78, 5) is 7.27. The predicted octanol–water partition coefficient (Wildman–Crippen LogP) is 2.23. The van der Waals surface area contributed by atoms with Gasteiger partial charge in [-0.3, -0.25) is 0 Å². The van der Waals surface area contributed by atoms with E-state index in [1.54, 1.807) is 0 Å². The van der Waals surface area contributed by atoms with E-state index in [1.807, 2.05) is 6.92 Å². The van der Waals surface area contributed by atoms with Gasteiger partial charge in [-0.1, -0.05) is 18.5 Å². The van der Waals surface area contributed by atoms with Gasteiger partial charge in [0.15, 0.2) is 0 Å². The van der Waals surface area contributed by atoms with Crippen LogP contribution >= 0.6 is 11.6 Å². The smallest absolute Gasteiger partial charge is 0.351 e. The van der Waals surface area contributed by atoms with Crippen LogP contribution < -0.4 is 5.32 Å². The van der Waals surface area contributed by atoms with E-state index in [9.17, 15) is 21.6 Å². The highest BCUT2D eigenvalue weighted by atomic mass is 35.5. The first kappa shape index (κ1) is 18.2. The molecule has 2 atom stereocenters. The Bertz CT molecular complexity index is 683. The number of nitrogens with one attached hydrogen (secondary N) is 1. The molecule has 0 radical (unpaired) electrons. The second kappa shape index (κ2) is 6.40. The minimum absolute atomic E-state index is 0.00680. The molecule has 0 amide bonds. The zero-order valence-electron chi connectivity index (χ0n) is 12.4. The third kappa shape index (κ3) is 4.45. The average Bonchev–Trinajstić information content (AvgIpc) is 2.38. The maximum absolute atomic E-state index is 12.6. The highest BCUT2D eigenvalue weighted by Crippen LogP contribution is 2.33. The molecule has 1 aliphatic heterocycles. The summed E-state index contributed by atoms with van der Waals surface area (Å²) in [6.07, 6.45) is -2.33. The van der Waals surface area contributed by atoms with Gasteiger partial charge >= 0.3 is 6.18 Å². The number of anilines is 1. The zero-order chi connectivity index (χ0) is 17.4. The molecule has 0 unspecified atom stereocenters. The van der Waals surface area contributed by atoms with E-state index in [0.717, 1.165) is 6.26 Å². The summed E-state index contributed by atoms with van der Waals surface area (Å²) in [6, 6.07) is -0.152. The molecule has 1 fully saturated rings. The molecule has 0 bridgehead atoms. The molecule has 130 valence electrons. The van der Waals surface area contributed by atoms with Crippen molar-refractivity contribution in [3.05, 3.63) is 16.9 Å². The van der Waals surface area contributed by atoms with Crippen molar-refractivity contribution in [1.29, 1.82) is 0 Å². The van der Waals surface area contributed by atoms with Crippen LogP contribution in [0.4, 0.5) is 19.1 Å². The number of sulfonamides is 1. The van der Waals surface area contributed by atoms with E-state index in [2.05, 4.69) is 15.3 Å². The Hall–Kier alpha value is -1.13. The lowest BCUT2D eigenvalue weighted by atomic mass is 9.95. The van der Waals surface area contributed by atoms with Crippen LogP contribution in [0.3, 0.4) is 0 Å². The number of halogens is 4. The monoisotopic (exact) mass is 372 g/mol. The summed E-state index contributed by atoms with van der Waals surface area (Å²) in [7, 11) is -3.26. The SMILES string of the molecule is C[C@@H]1CN(S(C)(=O)=O)CC[C@@H]1Nc1ncc(C(F)(F)F)c(Cl)n1. The molecule has 23 heavy (non-hydrogen) atoms. The van der Waals surface area contributed by atoms with E-state index in [1.165, 1.54) is 4.31 Å². The number of rotatable bonds is 3. The molecule has 0 spiro atoms. The first-order chi connectivity index (χ1) is 10.5. The maximum Gasteiger partial charge on any atom is 0.420 e. The van der Waals surface area contributed by atoms with E-state index >= 15 is 0 Å². The first-order valence-corrected chi connectivity index (χ1v) is 9.02. The lowest BCUT2D eigenvalue weighted by molar-refractivity contribution is -0.137. The quantitative estimate of drug-likeness (QED) is 0.823. The number of alkyl halides is 3. The van der Waals surface area contributed by atoms with Crippen LogP contribution in [-0.2, 0) is 16.2 Å². The van der Waals surface area contributed by atoms with Crippen molar-refractivity contribution in [3.63, 3.8) is 0 Å². The molecule has 1 aliphatic rings. The summed E-state index contributed by atoms with van der Waals surface area (Å²) < 4.78 is 62.3. The van der Waals surface area contributed by atoms with Crippen LogP contribution in [0.2, 0.25) is 5.15 Å². The van der Waals surface area contributed by atoms with Crippen LogP contribution in [0.15, 0.2) is 6.20 Å². The fraction of sp³-hybridized carbons (Fsp3) is 0.667. The third-order valence-electron chi connectivity index (χ3n) is 3.70. The molecule has 1 aromatic rings. The van der Waals surface area contributed by atoms with Gasteiger partial charge in [-0.05, 0) is 12.3 Å². The molecular formula is C12H16ClF3N4O2S. The normalized spacial score (nSPS) is 23.7. The molecule has 0 aliphatic carbocycles. The van der Waals surface area contributed by atoms with Gasteiger partial charge < -0.3 is 5.32 Å². The number of hydrogen-bond donors (Lipinski definition) is 1. The Balaban J connectivity index is 2.08. The molecule has 0 aromatic carbocycles. The summed E-state index contributed by atoms with van der Waals surface area (Å²) in [5.41, 5.74) is -1.09. The third-order valence-corrected chi connectivity index (χ3v) is 5.26. The van der Waals surface area contributed by atoms with Gasteiger partial charge in [-0.2, -0.15) is 13.2 Å². The summed E-state index contributed by atoms with van der Waals surface area (Å²) >= 11 is 5.55. The Morgan fingerprint density at radius 2 is 2.09 bits per heavy atom. The fourth-order valence-corrected chi connectivity index (χ4v) is 3.59. The molecular weight excluding hydrogens is 357 g/mol. The first-order valence-electron chi connectivity index (χ1n) is 6.80. The van der Waals surface area contributed by atoms with Crippen molar-refractivity contribution in [2.24, 2.45) is 5.92 Å². The van der Waals surface area contributed by atoms with Gasteiger partial charge in [0.25, 0.3) is 0 Å². The number of nitrogens with zero attached hydrogens (tertiary/aromatic N) is 3. The summed E-state index contributed by atoms with van der Waals surface area (Å²) in [6.45, 7) is 2.50. The highest BCUT2D eigenvalue weighted by Gasteiger charge is 2.35. The van der Waals surface area contributed by atoms with Crippen LogP contribution in [0.5, 0.6) is 0 Å². The minimum atomic E-state index is -4.61.